The first-order valence-corrected chi connectivity index (χ1v) is 4.38. The third kappa shape index (κ3) is 1.73. The van der Waals surface area contributed by atoms with Crippen molar-refractivity contribution in [1.82, 2.24) is 9.88 Å². The fourth-order valence-corrected chi connectivity index (χ4v) is 1.55. The topological polar surface area (TPSA) is 51.1 Å². The van der Waals surface area contributed by atoms with Gasteiger partial charge in [0.1, 0.15) is 6.54 Å². The Morgan fingerprint density at radius 1 is 1.75 bits per heavy atom. The highest BCUT2D eigenvalue weighted by atomic mass is 32.1. The van der Waals surface area contributed by atoms with E-state index in [1.54, 1.807) is 19.4 Å². The molecular weight excluding hydrogens is 176 g/mol. The molecule has 0 aliphatic heterocycles. The summed E-state index contributed by atoms with van der Waals surface area (Å²) in [6.45, 7) is 1.92. The highest BCUT2D eigenvalue weighted by Crippen LogP contribution is 1.98. The largest absolute Gasteiger partial charge is 0.358 e. The molecule has 5 heteroatoms. The van der Waals surface area contributed by atoms with Crippen molar-refractivity contribution in [2.45, 2.75) is 13.5 Å². The van der Waals surface area contributed by atoms with Crippen molar-refractivity contribution in [1.29, 1.82) is 0 Å². The van der Waals surface area contributed by atoms with Crippen molar-refractivity contribution < 1.29 is 4.79 Å². The zero-order valence-electron chi connectivity index (χ0n) is 6.96. The highest BCUT2D eigenvalue weighted by Gasteiger charge is 2.05. The van der Waals surface area contributed by atoms with Gasteiger partial charge in [0, 0.05) is 18.1 Å². The lowest BCUT2D eigenvalue weighted by Gasteiger charge is -2.01. The van der Waals surface area contributed by atoms with Crippen LogP contribution in [-0.2, 0) is 11.3 Å². The van der Waals surface area contributed by atoms with E-state index < -0.39 is 0 Å². The van der Waals surface area contributed by atoms with Crippen LogP contribution in [-0.4, -0.2) is 17.5 Å². The zero-order chi connectivity index (χ0) is 9.14. The van der Waals surface area contributed by atoms with Crippen LogP contribution in [0.4, 0.5) is 0 Å². The molecule has 12 heavy (non-hydrogen) atoms. The van der Waals surface area contributed by atoms with Gasteiger partial charge in [-0.15, -0.1) is 0 Å². The van der Waals surface area contributed by atoms with Crippen molar-refractivity contribution in [3.63, 3.8) is 0 Å². The fraction of sp³-hybridized carbons (Fsp3) is 0.429. The zero-order valence-corrected chi connectivity index (χ0v) is 7.77. The fourth-order valence-electron chi connectivity index (χ4n) is 0.819. The quantitative estimate of drug-likeness (QED) is 0.705. The van der Waals surface area contributed by atoms with E-state index in [0.29, 0.717) is 0 Å². The molecule has 1 amide bonds. The SMILES string of the molecule is CNC(=O)Cn1c(C)csc1=O. The Kier molecular flexibility index (Phi) is 2.65. The molecule has 1 aromatic heterocycles. The van der Waals surface area contributed by atoms with Crippen LogP contribution in [0, 0.1) is 6.92 Å². The maximum atomic E-state index is 11.1. The summed E-state index contributed by atoms with van der Waals surface area (Å²) in [7, 11) is 1.55. The van der Waals surface area contributed by atoms with Crippen molar-refractivity contribution >= 4 is 17.2 Å². The molecule has 1 heterocycles. The Morgan fingerprint density at radius 2 is 2.42 bits per heavy atom. The molecule has 0 unspecified atom stereocenters. The second-order valence-electron chi connectivity index (χ2n) is 2.40. The molecule has 0 fully saturated rings. The van der Waals surface area contributed by atoms with Crippen molar-refractivity contribution in [2.75, 3.05) is 7.05 Å². The number of aryl methyl sites for hydroxylation is 1. The van der Waals surface area contributed by atoms with Gasteiger partial charge < -0.3 is 5.32 Å². The van der Waals surface area contributed by atoms with Gasteiger partial charge in [-0.1, -0.05) is 11.3 Å². The first kappa shape index (κ1) is 8.99. The molecule has 0 aliphatic carbocycles. The van der Waals surface area contributed by atoms with Crippen LogP contribution in [0.25, 0.3) is 0 Å². The number of amides is 1. The lowest BCUT2D eigenvalue weighted by Crippen LogP contribution is -2.28. The van der Waals surface area contributed by atoms with Crippen molar-refractivity contribution in [2.24, 2.45) is 0 Å². The van der Waals surface area contributed by atoms with E-state index in [2.05, 4.69) is 5.32 Å². The first-order chi connectivity index (χ1) is 5.65. The van der Waals surface area contributed by atoms with Gasteiger partial charge in [0.25, 0.3) is 0 Å². The van der Waals surface area contributed by atoms with Crippen LogP contribution in [0.2, 0.25) is 0 Å². The van der Waals surface area contributed by atoms with Gasteiger partial charge in [-0.25, -0.2) is 0 Å². The Bertz CT molecular complexity index is 339. The number of rotatable bonds is 2. The average molecular weight is 186 g/mol. The van der Waals surface area contributed by atoms with Crippen molar-refractivity contribution in [3.8, 4) is 0 Å². The van der Waals surface area contributed by atoms with Crippen LogP contribution < -0.4 is 10.2 Å². The lowest BCUT2D eigenvalue weighted by molar-refractivity contribution is -0.121. The van der Waals surface area contributed by atoms with Crippen LogP contribution in [0.3, 0.4) is 0 Å². The number of likely N-dealkylation sites (N-methyl/N-ethyl adjacent to an activating group) is 1. The van der Waals surface area contributed by atoms with E-state index in [9.17, 15) is 9.59 Å². The minimum absolute atomic E-state index is 0.0869. The summed E-state index contributed by atoms with van der Waals surface area (Å²) < 4.78 is 1.45. The highest BCUT2D eigenvalue weighted by molar-refractivity contribution is 7.07. The predicted molar refractivity (Wildman–Crippen MR) is 47.4 cm³/mol. The smallest absolute Gasteiger partial charge is 0.307 e. The summed E-state index contributed by atoms with van der Waals surface area (Å²) in [5, 5.41) is 4.20. The van der Waals surface area contributed by atoms with E-state index in [0.717, 1.165) is 17.0 Å². The molecule has 0 aliphatic rings. The molecular formula is C7H10N2O2S. The van der Waals surface area contributed by atoms with Crippen molar-refractivity contribution in [3.05, 3.63) is 20.7 Å². The van der Waals surface area contributed by atoms with Crippen LogP contribution >= 0.6 is 11.3 Å². The molecule has 1 rings (SSSR count). The first-order valence-electron chi connectivity index (χ1n) is 3.50. The Balaban J connectivity index is 2.88. The number of nitrogens with one attached hydrogen (secondary N) is 1. The van der Waals surface area contributed by atoms with Gasteiger partial charge in [0.2, 0.25) is 5.91 Å². The van der Waals surface area contributed by atoms with Crippen LogP contribution in [0.1, 0.15) is 5.69 Å². The number of carbonyl (C=O) groups is 1. The molecule has 0 atom stereocenters. The summed E-state index contributed by atoms with van der Waals surface area (Å²) >= 11 is 1.11. The summed E-state index contributed by atoms with van der Waals surface area (Å²) in [5.41, 5.74) is 0.827. The van der Waals surface area contributed by atoms with E-state index in [1.165, 1.54) is 4.57 Å². The minimum atomic E-state index is -0.154. The molecule has 4 nitrogen and oxygen atoms in total. The molecule has 0 bridgehead atoms. The standard InChI is InChI=1S/C7H10N2O2S/c1-5-4-12-7(11)9(5)3-6(10)8-2/h4H,3H2,1-2H3,(H,8,10). The monoisotopic (exact) mass is 186 g/mol. The predicted octanol–water partition coefficient (Wildman–Crippen LogP) is -0.0358. The molecule has 0 spiro atoms. The molecule has 0 radical (unpaired) electrons. The normalized spacial score (nSPS) is 9.83. The summed E-state index contributed by atoms with van der Waals surface area (Å²) in [6, 6.07) is 0. The molecule has 0 aromatic carbocycles. The van der Waals surface area contributed by atoms with E-state index in [-0.39, 0.29) is 17.3 Å². The summed E-state index contributed by atoms with van der Waals surface area (Å²) in [4.78, 5) is 21.9. The summed E-state index contributed by atoms with van der Waals surface area (Å²) in [5.74, 6) is -0.154. The van der Waals surface area contributed by atoms with Gasteiger partial charge in [-0.2, -0.15) is 0 Å². The van der Waals surface area contributed by atoms with E-state index in [4.69, 9.17) is 0 Å². The number of hydrogen-bond donors (Lipinski definition) is 1. The Labute approximate surface area is 73.8 Å². The van der Waals surface area contributed by atoms with Gasteiger partial charge in [-0.05, 0) is 6.92 Å². The maximum Gasteiger partial charge on any atom is 0.307 e. The van der Waals surface area contributed by atoms with Crippen LogP contribution in [0.5, 0.6) is 0 Å². The Hall–Kier alpha value is -1.10. The maximum absolute atomic E-state index is 11.1. The minimum Gasteiger partial charge on any atom is -0.358 e. The molecule has 66 valence electrons. The molecule has 1 aromatic rings. The molecule has 1 N–H and O–H groups in total. The third-order valence-corrected chi connectivity index (χ3v) is 2.44. The number of thiazole rings is 1. The molecule has 0 saturated carbocycles. The van der Waals surface area contributed by atoms with Crippen LogP contribution in [0.15, 0.2) is 10.2 Å². The lowest BCUT2D eigenvalue weighted by atomic mass is 10.5. The van der Waals surface area contributed by atoms with Gasteiger partial charge >= 0.3 is 4.87 Å². The second-order valence-corrected chi connectivity index (χ2v) is 3.22. The second kappa shape index (κ2) is 3.53. The third-order valence-electron chi connectivity index (χ3n) is 1.56. The number of carbonyl (C=O) groups excluding carboxylic acids is 1. The van der Waals surface area contributed by atoms with Gasteiger partial charge in [0.05, 0.1) is 0 Å². The van der Waals surface area contributed by atoms with E-state index in [1.807, 2.05) is 0 Å². The van der Waals surface area contributed by atoms with Gasteiger partial charge in [-0.3, -0.25) is 14.2 Å². The Morgan fingerprint density at radius 3 is 2.83 bits per heavy atom. The molecule has 0 saturated heterocycles. The number of hydrogen-bond acceptors (Lipinski definition) is 3. The number of aromatic nitrogens is 1. The average Bonchev–Trinajstić information content (AvgIpc) is 2.35. The number of nitrogens with zero attached hydrogens (tertiary/aromatic N) is 1. The van der Waals surface area contributed by atoms with E-state index >= 15 is 0 Å². The van der Waals surface area contributed by atoms with Gasteiger partial charge in [0.15, 0.2) is 0 Å². The summed E-state index contributed by atoms with van der Waals surface area (Å²) in [6.07, 6.45) is 0.